The van der Waals surface area contributed by atoms with Crippen LogP contribution in [0.15, 0.2) is 58.7 Å². The van der Waals surface area contributed by atoms with E-state index in [1.807, 2.05) is 24.3 Å². The quantitative estimate of drug-likeness (QED) is 0.447. The summed E-state index contributed by atoms with van der Waals surface area (Å²) in [6, 6.07) is 10.2. The first kappa shape index (κ1) is 17.2. The smallest absolute Gasteiger partial charge is 0.243 e. The Balaban J connectivity index is 1.72. The fourth-order valence-electron chi connectivity index (χ4n) is 2.57. The second-order valence-corrected chi connectivity index (χ2v) is 6.45. The summed E-state index contributed by atoms with van der Waals surface area (Å²) in [7, 11) is 0. The van der Waals surface area contributed by atoms with Crippen molar-refractivity contribution in [3.8, 4) is 0 Å². The Kier molecular flexibility index (Phi) is 6.33. The Hall–Kier alpha value is -2.16. The molecule has 1 aliphatic carbocycles. The van der Waals surface area contributed by atoms with Gasteiger partial charge in [-0.05, 0) is 57.6 Å². The van der Waals surface area contributed by atoms with Crippen LogP contribution >= 0.6 is 0 Å². The molecule has 1 aromatic rings. The summed E-state index contributed by atoms with van der Waals surface area (Å²) in [6.07, 6.45) is 8.85. The Bertz CT molecular complexity index is 610. The number of allylic oxidation sites excluding steroid dienone is 4. The van der Waals surface area contributed by atoms with Crippen molar-refractivity contribution in [1.29, 1.82) is 0 Å². The first-order chi connectivity index (χ1) is 11.1. The lowest BCUT2D eigenvalue weighted by Gasteiger charge is -2.00. The van der Waals surface area contributed by atoms with Gasteiger partial charge < -0.3 is 0 Å². The number of hydrazone groups is 1. The normalized spacial score (nSPS) is 20.4. The molecule has 1 N–H and O–H groups in total. The zero-order valence-corrected chi connectivity index (χ0v) is 14.3. The largest absolute Gasteiger partial charge is 0.273 e. The standard InChI is InChI=1S/C20H26N2O/c1-15(2)8-7-9-16(3)12-13-21-22-20(23)19-14-18(19)17-10-5-4-6-11-17/h4-6,8,10-13,18-19H,7,9,14H2,1-3H3,(H,22,23)/b16-12-,21-13-/t18-,19+/m1/s1. The van der Waals surface area contributed by atoms with Crippen molar-refractivity contribution in [3.05, 3.63) is 59.2 Å². The fraction of sp³-hybridized carbons (Fsp3) is 0.400. The van der Waals surface area contributed by atoms with Gasteiger partial charge >= 0.3 is 0 Å². The first-order valence-corrected chi connectivity index (χ1v) is 8.25. The topological polar surface area (TPSA) is 41.5 Å². The summed E-state index contributed by atoms with van der Waals surface area (Å²) in [5.74, 6) is 0.440. The average Bonchev–Trinajstić information content (AvgIpc) is 3.32. The summed E-state index contributed by atoms with van der Waals surface area (Å²) < 4.78 is 0. The highest BCUT2D eigenvalue weighted by Gasteiger charge is 2.43. The van der Waals surface area contributed by atoms with E-state index < -0.39 is 0 Å². The molecular weight excluding hydrogens is 284 g/mol. The Morgan fingerprint density at radius 3 is 2.70 bits per heavy atom. The van der Waals surface area contributed by atoms with Gasteiger partial charge in [-0.15, -0.1) is 0 Å². The van der Waals surface area contributed by atoms with Crippen LogP contribution in [-0.2, 0) is 4.79 Å². The van der Waals surface area contributed by atoms with E-state index in [2.05, 4.69) is 49.5 Å². The number of amides is 1. The van der Waals surface area contributed by atoms with Gasteiger partial charge in [0.15, 0.2) is 0 Å². The van der Waals surface area contributed by atoms with Crippen molar-refractivity contribution in [3.63, 3.8) is 0 Å². The predicted molar refractivity (Wildman–Crippen MR) is 96.3 cm³/mol. The summed E-state index contributed by atoms with van der Waals surface area (Å²) in [5, 5.41) is 4.03. The average molecular weight is 310 g/mol. The minimum atomic E-state index is 0.0192. The highest BCUT2D eigenvalue weighted by atomic mass is 16.2. The lowest BCUT2D eigenvalue weighted by molar-refractivity contribution is -0.122. The van der Waals surface area contributed by atoms with Crippen molar-refractivity contribution < 1.29 is 4.79 Å². The van der Waals surface area contributed by atoms with Crippen LogP contribution in [0.2, 0.25) is 0 Å². The van der Waals surface area contributed by atoms with Crippen molar-refractivity contribution in [2.45, 2.75) is 46.0 Å². The molecule has 1 amide bonds. The van der Waals surface area contributed by atoms with Crippen LogP contribution < -0.4 is 5.43 Å². The molecule has 0 aliphatic heterocycles. The van der Waals surface area contributed by atoms with Crippen molar-refractivity contribution in [2.75, 3.05) is 0 Å². The number of nitrogens with one attached hydrogen (secondary N) is 1. The number of rotatable bonds is 7. The van der Waals surface area contributed by atoms with E-state index in [0.29, 0.717) is 5.92 Å². The van der Waals surface area contributed by atoms with Gasteiger partial charge in [-0.2, -0.15) is 5.10 Å². The molecule has 122 valence electrons. The molecule has 0 spiro atoms. The second-order valence-electron chi connectivity index (χ2n) is 6.45. The molecule has 3 heteroatoms. The van der Waals surface area contributed by atoms with Crippen molar-refractivity contribution >= 4 is 12.1 Å². The minimum absolute atomic E-state index is 0.0192. The summed E-state index contributed by atoms with van der Waals surface area (Å²) in [5.41, 5.74) is 6.49. The molecule has 2 atom stereocenters. The van der Waals surface area contributed by atoms with Crippen molar-refractivity contribution in [1.82, 2.24) is 5.43 Å². The van der Waals surface area contributed by atoms with Gasteiger partial charge in [-0.1, -0.05) is 47.6 Å². The molecular formula is C20H26N2O. The minimum Gasteiger partial charge on any atom is -0.273 e. The van der Waals surface area contributed by atoms with E-state index in [-0.39, 0.29) is 11.8 Å². The number of carbonyl (C=O) groups excluding carboxylic acids is 1. The third kappa shape index (κ3) is 5.85. The Morgan fingerprint density at radius 1 is 1.26 bits per heavy atom. The summed E-state index contributed by atoms with van der Waals surface area (Å²) in [6.45, 7) is 6.30. The molecule has 1 fully saturated rings. The summed E-state index contributed by atoms with van der Waals surface area (Å²) in [4.78, 5) is 12.0. The van der Waals surface area contributed by atoms with E-state index in [1.54, 1.807) is 6.21 Å². The van der Waals surface area contributed by atoms with E-state index in [4.69, 9.17) is 0 Å². The van der Waals surface area contributed by atoms with E-state index in [9.17, 15) is 4.79 Å². The molecule has 23 heavy (non-hydrogen) atoms. The van der Waals surface area contributed by atoms with Gasteiger partial charge in [0.1, 0.15) is 0 Å². The maximum Gasteiger partial charge on any atom is 0.243 e. The molecule has 0 unspecified atom stereocenters. The van der Waals surface area contributed by atoms with Crippen LogP contribution in [0.4, 0.5) is 0 Å². The molecule has 1 aliphatic rings. The lowest BCUT2D eigenvalue weighted by Crippen LogP contribution is -2.19. The highest BCUT2D eigenvalue weighted by Crippen LogP contribution is 2.47. The molecule has 0 saturated heterocycles. The second kappa shape index (κ2) is 8.47. The number of benzene rings is 1. The maximum absolute atomic E-state index is 12.0. The molecule has 0 aromatic heterocycles. The molecule has 0 radical (unpaired) electrons. The van der Waals surface area contributed by atoms with Gasteiger partial charge in [0.05, 0.1) is 0 Å². The zero-order chi connectivity index (χ0) is 16.7. The van der Waals surface area contributed by atoms with Crippen LogP contribution in [0.25, 0.3) is 0 Å². The Morgan fingerprint density at radius 2 is 2.00 bits per heavy atom. The predicted octanol–water partition coefficient (Wildman–Crippen LogP) is 4.58. The van der Waals surface area contributed by atoms with Gasteiger partial charge in [-0.3, -0.25) is 4.79 Å². The molecule has 2 rings (SSSR count). The molecule has 0 heterocycles. The van der Waals surface area contributed by atoms with Crippen molar-refractivity contribution in [2.24, 2.45) is 11.0 Å². The van der Waals surface area contributed by atoms with E-state index in [1.165, 1.54) is 16.7 Å². The summed E-state index contributed by atoms with van der Waals surface area (Å²) >= 11 is 0. The SMILES string of the molecule is CC(C)=CCC/C(C)=C\C=N/NC(=O)[C@H]1C[C@@H]1c1ccccc1. The highest BCUT2D eigenvalue weighted by molar-refractivity contribution is 5.84. The first-order valence-electron chi connectivity index (χ1n) is 8.25. The number of hydrogen-bond acceptors (Lipinski definition) is 2. The molecule has 0 bridgehead atoms. The van der Waals surface area contributed by atoms with Crippen LogP contribution in [-0.4, -0.2) is 12.1 Å². The monoisotopic (exact) mass is 310 g/mol. The lowest BCUT2D eigenvalue weighted by atomic mass is 10.1. The van der Waals surface area contributed by atoms with Crippen LogP contribution in [0.3, 0.4) is 0 Å². The molecule has 3 nitrogen and oxygen atoms in total. The number of hydrogen-bond donors (Lipinski definition) is 1. The maximum atomic E-state index is 12.0. The van der Waals surface area contributed by atoms with E-state index >= 15 is 0 Å². The van der Waals surface area contributed by atoms with Gasteiger partial charge in [0, 0.05) is 12.1 Å². The third-order valence-corrected chi connectivity index (χ3v) is 4.05. The van der Waals surface area contributed by atoms with Crippen LogP contribution in [0, 0.1) is 5.92 Å². The fourth-order valence-corrected chi connectivity index (χ4v) is 2.57. The number of carbonyl (C=O) groups is 1. The Labute approximate surface area is 139 Å². The molecule has 1 saturated carbocycles. The van der Waals surface area contributed by atoms with Gasteiger partial charge in [0.2, 0.25) is 5.91 Å². The third-order valence-electron chi connectivity index (χ3n) is 4.05. The number of nitrogens with zero attached hydrogens (tertiary/aromatic N) is 1. The molecule has 1 aromatic carbocycles. The van der Waals surface area contributed by atoms with Gasteiger partial charge in [-0.25, -0.2) is 5.43 Å². The van der Waals surface area contributed by atoms with Gasteiger partial charge in [0.25, 0.3) is 0 Å². The van der Waals surface area contributed by atoms with E-state index in [0.717, 1.165) is 19.3 Å². The zero-order valence-electron chi connectivity index (χ0n) is 14.3. The van der Waals surface area contributed by atoms with Crippen LogP contribution in [0.1, 0.15) is 51.5 Å². The van der Waals surface area contributed by atoms with Crippen LogP contribution in [0.5, 0.6) is 0 Å².